The lowest BCUT2D eigenvalue weighted by Gasteiger charge is -2.17. The third-order valence-corrected chi connectivity index (χ3v) is 3.14. The maximum atomic E-state index is 12.7. The Labute approximate surface area is 99.1 Å². The average molecular weight is 238 g/mol. The number of carbonyl (C=O) groups is 1. The molecule has 92 valence electrons. The molecule has 5 heteroatoms. The third-order valence-electron chi connectivity index (χ3n) is 3.14. The van der Waals surface area contributed by atoms with Gasteiger partial charge in [0.1, 0.15) is 11.5 Å². The first kappa shape index (κ1) is 12.0. The second kappa shape index (κ2) is 4.79. The highest BCUT2D eigenvalue weighted by atomic mass is 19.1. The number of pyridine rings is 1. The zero-order valence-electron chi connectivity index (χ0n) is 9.64. The normalized spacial score (nSPS) is 21.6. The molecule has 2 heterocycles. The Bertz CT molecular complexity index is 405. The zero-order valence-corrected chi connectivity index (χ0v) is 9.64. The van der Waals surface area contributed by atoms with Gasteiger partial charge < -0.3 is 10.0 Å². The topological polar surface area (TPSA) is 53.4 Å². The maximum absolute atomic E-state index is 12.7. The van der Waals surface area contributed by atoms with Crippen molar-refractivity contribution >= 4 is 5.91 Å². The van der Waals surface area contributed by atoms with Gasteiger partial charge in [0.2, 0.25) is 0 Å². The first-order valence-electron chi connectivity index (χ1n) is 5.67. The van der Waals surface area contributed by atoms with Crippen LogP contribution in [0, 0.1) is 11.7 Å². The number of likely N-dealkylation sites (tertiary alicyclic amines) is 1. The number of nitrogens with zero attached hydrogens (tertiary/aromatic N) is 2. The molecule has 1 aromatic heterocycles. The van der Waals surface area contributed by atoms with E-state index in [4.69, 9.17) is 0 Å². The second-order valence-corrected chi connectivity index (χ2v) is 4.40. The molecule has 1 aliphatic heterocycles. The molecule has 1 saturated heterocycles. The van der Waals surface area contributed by atoms with Crippen LogP contribution in [0.15, 0.2) is 18.3 Å². The fourth-order valence-electron chi connectivity index (χ4n) is 2.03. The van der Waals surface area contributed by atoms with E-state index in [-0.39, 0.29) is 17.5 Å². The van der Waals surface area contributed by atoms with E-state index in [2.05, 4.69) is 4.98 Å². The SMILES string of the molecule is CC(O)C1CCN(C(=O)c2ccc(F)cn2)C1. The van der Waals surface area contributed by atoms with E-state index >= 15 is 0 Å². The highest BCUT2D eigenvalue weighted by Crippen LogP contribution is 2.21. The molecule has 0 aromatic carbocycles. The van der Waals surface area contributed by atoms with Crippen LogP contribution in [-0.4, -0.2) is 40.1 Å². The van der Waals surface area contributed by atoms with Gasteiger partial charge in [0.25, 0.3) is 5.91 Å². The summed E-state index contributed by atoms with van der Waals surface area (Å²) in [5.74, 6) is -0.530. The number of rotatable bonds is 2. The number of carbonyl (C=O) groups excluding carboxylic acids is 1. The molecule has 0 spiro atoms. The van der Waals surface area contributed by atoms with Crippen LogP contribution in [0.3, 0.4) is 0 Å². The van der Waals surface area contributed by atoms with E-state index in [9.17, 15) is 14.3 Å². The summed E-state index contributed by atoms with van der Waals surface area (Å²) in [6.07, 6.45) is 1.43. The van der Waals surface area contributed by atoms with Crippen molar-refractivity contribution in [1.29, 1.82) is 0 Å². The van der Waals surface area contributed by atoms with Gasteiger partial charge in [-0.15, -0.1) is 0 Å². The smallest absolute Gasteiger partial charge is 0.272 e. The van der Waals surface area contributed by atoms with Gasteiger partial charge in [-0.3, -0.25) is 4.79 Å². The highest BCUT2D eigenvalue weighted by Gasteiger charge is 2.29. The lowest BCUT2D eigenvalue weighted by atomic mass is 10.0. The Balaban J connectivity index is 2.04. The molecule has 1 aromatic rings. The van der Waals surface area contributed by atoms with Gasteiger partial charge in [0.05, 0.1) is 12.3 Å². The minimum Gasteiger partial charge on any atom is -0.393 e. The molecule has 1 N–H and O–H groups in total. The van der Waals surface area contributed by atoms with Gasteiger partial charge in [-0.1, -0.05) is 0 Å². The number of halogens is 1. The first-order valence-corrected chi connectivity index (χ1v) is 5.67. The third kappa shape index (κ3) is 2.61. The van der Waals surface area contributed by atoms with E-state index in [1.807, 2.05) is 0 Å². The largest absolute Gasteiger partial charge is 0.393 e. The van der Waals surface area contributed by atoms with E-state index in [0.29, 0.717) is 13.1 Å². The molecule has 17 heavy (non-hydrogen) atoms. The summed E-state index contributed by atoms with van der Waals surface area (Å²) < 4.78 is 12.7. The molecule has 0 radical (unpaired) electrons. The van der Waals surface area contributed by atoms with Crippen molar-refractivity contribution in [3.05, 3.63) is 29.8 Å². The lowest BCUT2D eigenvalue weighted by Crippen LogP contribution is -2.31. The van der Waals surface area contributed by atoms with Crippen molar-refractivity contribution in [3.63, 3.8) is 0 Å². The van der Waals surface area contributed by atoms with Crippen LogP contribution < -0.4 is 0 Å². The summed E-state index contributed by atoms with van der Waals surface area (Å²) in [6, 6.07) is 2.61. The van der Waals surface area contributed by atoms with Crippen LogP contribution in [0.25, 0.3) is 0 Å². The summed E-state index contributed by atoms with van der Waals surface area (Å²) in [5.41, 5.74) is 0.248. The van der Waals surface area contributed by atoms with Crippen LogP contribution in [0.4, 0.5) is 4.39 Å². The minimum atomic E-state index is -0.454. The molecule has 1 amide bonds. The Morgan fingerprint density at radius 2 is 2.41 bits per heavy atom. The maximum Gasteiger partial charge on any atom is 0.272 e. The molecule has 0 aliphatic carbocycles. The van der Waals surface area contributed by atoms with Crippen molar-refractivity contribution < 1.29 is 14.3 Å². The Morgan fingerprint density at radius 3 is 2.94 bits per heavy atom. The molecule has 0 bridgehead atoms. The van der Waals surface area contributed by atoms with Gasteiger partial charge in [-0.2, -0.15) is 0 Å². The molecule has 1 fully saturated rings. The number of aliphatic hydroxyl groups is 1. The number of hydrogen-bond donors (Lipinski definition) is 1. The number of hydrogen-bond acceptors (Lipinski definition) is 3. The van der Waals surface area contributed by atoms with Crippen molar-refractivity contribution in [3.8, 4) is 0 Å². The number of aromatic nitrogens is 1. The molecule has 2 rings (SSSR count). The Kier molecular flexibility index (Phi) is 3.38. The van der Waals surface area contributed by atoms with Gasteiger partial charge in [0.15, 0.2) is 0 Å². The summed E-state index contributed by atoms with van der Waals surface area (Å²) in [6.45, 7) is 2.89. The first-order chi connectivity index (χ1) is 8.08. The fraction of sp³-hybridized carbons (Fsp3) is 0.500. The molecule has 1 aliphatic rings. The molecule has 4 nitrogen and oxygen atoms in total. The van der Waals surface area contributed by atoms with Gasteiger partial charge >= 0.3 is 0 Å². The lowest BCUT2D eigenvalue weighted by molar-refractivity contribution is 0.0756. The average Bonchev–Trinajstić information content (AvgIpc) is 2.78. The van der Waals surface area contributed by atoms with Crippen LogP contribution in [0.1, 0.15) is 23.8 Å². The molecular formula is C12H15FN2O2. The number of amides is 1. The summed E-state index contributed by atoms with van der Waals surface area (Å²) >= 11 is 0. The number of aliphatic hydroxyl groups excluding tert-OH is 1. The van der Waals surface area contributed by atoms with Crippen molar-refractivity contribution in [1.82, 2.24) is 9.88 Å². The predicted octanol–water partition coefficient (Wildman–Crippen LogP) is 1.06. The molecule has 2 unspecified atom stereocenters. The van der Waals surface area contributed by atoms with Crippen molar-refractivity contribution in [2.24, 2.45) is 5.92 Å². The summed E-state index contributed by atoms with van der Waals surface area (Å²) in [7, 11) is 0. The zero-order chi connectivity index (χ0) is 12.4. The summed E-state index contributed by atoms with van der Waals surface area (Å²) in [4.78, 5) is 17.4. The summed E-state index contributed by atoms with van der Waals surface area (Å²) in [5, 5.41) is 9.46. The van der Waals surface area contributed by atoms with E-state index in [1.165, 1.54) is 12.1 Å². The Hall–Kier alpha value is -1.49. The van der Waals surface area contributed by atoms with Gasteiger partial charge in [0, 0.05) is 19.0 Å². The second-order valence-electron chi connectivity index (χ2n) is 4.40. The quantitative estimate of drug-likeness (QED) is 0.838. The molecular weight excluding hydrogens is 223 g/mol. The standard InChI is InChI=1S/C12H15FN2O2/c1-8(16)9-4-5-15(7-9)12(17)11-3-2-10(13)6-14-11/h2-3,6,8-9,16H,4-5,7H2,1H3. The van der Waals surface area contributed by atoms with Crippen molar-refractivity contribution in [2.45, 2.75) is 19.4 Å². The fourth-order valence-corrected chi connectivity index (χ4v) is 2.03. The van der Waals surface area contributed by atoms with E-state index in [0.717, 1.165) is 12.6 Å². The predicted molar refractivity (Wildman–Crippen MR) is 59.9 cm³/mol. The van der Waals surface area contributed by atoms with Crippen molar-refractivity contribution in [2.75, 3.05) is 13.1 Å². The highest BCUT2D eigenvalue weighted by molar-refractivity contribution is 5.92. The van der Waals surface area contributed by atoms with E-state index < -0.39 is 11.9 Å². The molecule has 0 saturated carbocycles. The van der Waals surface area contributed by atoms with Gasteiger partial charge in [-0.05, 0) is 25.5 Å². The Morgan fingerprint density at radius 1 is 1.65 bits per heavy atom. The van der Waals surface area contributed by atoms with Crippen LogP contribution >= 0.6 is 0 Å². The van der Waals surface area contributed by atoms with Crippen LogP contribution in [0.2, 0.25) is 0 Å². The van der Waals surface area contributed by atoms with Gasteiger partial charge in [-0.25, -0.2) is 9.37 Å². The van der Waals surface area contributed by atoms with E-state index in [1.54, 1.807) is 11.8 Å². The minimum absolute atomic E-state index is 0.124. The monoisotopic (exact) mass is 238 g/mol. The van der Waals surface area contributed by atoms with Crippen LogP contribution in [-0.2, 0) is 0 Å². The van der Waals surface area contributed by atoms with Crippen LogP contribution in [0.5, 0.6) is 0 Å². The molecule has 2 atom stereocenters.